The maximum absolute atomic E-state index is 5.50. The van der Waals surface area contributed by atoms with Gasteiger partial charge in [0, 0.05) is 0 Å². The number of allylic oxidation sites excluding steroid dienone is 1. The zero-order valence-electron chi connectivity index (χ0n) is 6.93. The van der Waals surface area contributed by atoms with Crippen molar-refractivity contribution in [2.75, 3.05) is 0 Å². The number of hydrogen-bond acceptors (Lipinski definition) is 2. The van der Waals surface area contributed by atoms with Crippen molar-refractivity contribution < 1.29 is 0 Å². The fraction of sp³-hybridized carbons (Fsp3) is 0.750. The molecule has 0 saturated heterocycles. The molecule has 0 aliphatic rings. The summed E-state index contributed by atoms with van der Waals surface area (Å²) >= 11 is 0. The van der Waals surface area contributed by atoms with E-state index in [1.807, 2.05) is 13.0 Å². The summed E-state index contributed by atoms with van der Waals surface area (Å²) in [5.74, 6) is 0. The summed E-state index contributed by atoms with van der Waals surface area (Å²) in [6.07, 6.45) is 5.19. The average Bonchev–Trinajstić information content (AvgIpc) is 1.89. The molecule has 0 aliphatic carbocycles. The van der Waals surface area contributed by atoms with Gasteiger partial charge in [0.15, 0.2) is 0 Å². The van der Waals surface area contributed by atoms with Crippen LogP contribution < -0.4 is 11.5 Å². The van der Waals surface area contributed by atoms with Gasteiger partial charge in [-0.15, -0.1) is 0 Å². The molecule has 0 amide bonds. The molecule has 0 fully saturated rings. The molecule has 0 saturated carbocycles. The van der Waals surface area contributed by atoms with Crippen LogP contribution in [0.4, 0.5) is 0 Å². The van der Waals surface area contributed by atoms with E-state index < -0.39 is 0 Å². The molecule has 0 heterocycles. The van der Waals surface area contributed by atoms with Crippen molar-refractivity contribution in [3.63, 3.8) is 0 Å². The van der Waals surface area contributed by atoms with Gasteiger partial charge in [0.1, 0.15) is 0 Å². The lowest BCUT2D eigenvalue weighted by Gasteiger charge is -2.09. The lowest BCUT2D eigenvalue weighted by Crippen LogP contribution is -2.32. The lowest BCUT2D eigenvalue weighted by atomic mass is 10.1. The molecule has 0 atom stereocenters. The predicted molar refractivity (Wildman–Crippen MR) is 45.4 cm³/mol. The molecule has 0 spiro atoms. The molecule has 0 aromatic rings. The molecule has 10 heavy (non-hydrogen) atoms. The van der Waals surface area contributed by atoms with Crippen LogP contribution in [-0.4, -0.2) is 6.17 Å². The summed E-state index contributed by atoms with van der Waals surface area (Å²) < 4.78 is 0. The summed E-state index contributed by atoms with van der Waals surface area (Å²) in [5.41, 5.74) is 12.2. The van der Waals surface area contributed by atoms with Crippen LogP contribution in [-0.2, 0) is 0 Å². The van der Waals surface area contributed by atoms with Gasteiger partial charge in [-0.1, -0.05) is 19.4 Å². The molecule has 4 N–H and O–H groups in total. The fourth-order valence-electron chi connectivity index (χ4n) is 0.884. The zero-order chi connectivity index (χ0) is 7.98. The second-order valence-electron chi connectivity index (χ2n) is 2.49. The highest BCUT2D eigenvalue weighted by Crippen LogP contribution is 2.06. The molecule has 2 nitrogen and oxygen atoms in total. The molecule has 2 heteroatoms. The van der Waals surface area contributed by atoms with Crippen LogP contribution in [0.1, 0.15) is 33.1 Å². The minimum atomic E-state index is -0.253. The molecule has 60 valence electrons. The molecule has 0 aromatic heterocycles. The van der Waals surface area contributed by atoms with E-state index in [0.717, 1.165) is 6.42 Å². The highest BCUT2D eigenvalue weighted by Gasteiger charge is 2.00. The summed E-state index contributed by atoms with van der Waals surface area (Å²) in [6.45, 7) is 4.15. The quantitative estimate of drug-likeness (QED) is 0.460. The average molecular weight is 142 g/mol. The van der Waals surface area contributed by atoms with Gasteiger partial charge in [-0.25, -0.2) is 0 Å². The first-order chi connectivity index (χ1) is 4.72. The summed E-state index contributed by atoms with van der Waals surface area (Å²) in [4.78, 5) is 0. The number of hydrogen-bond donors (Lipinski definition) is 2. The highest BCUT2D eigenvalue weighted by molar-refractivity contribution is 5.06. The van der Waals surface area contributed by atoms with Crippen LogP contribution >= 0.6 is 0 Å². The molecule has 0 aromatic carbocycles. The van der Waals surface area contributed by atoms with Gasteiger partial charge < -0.3 is 11.5 Å². The molecule has 0 radical (unpaired) electrons. The van der Waals surface area contributed by atoms with Crippen LogP contribution in [0.5, 0.6) is 0 Å². The minimum Gasteiger partial charge on any atom is -0.313 e. The van der Waals surface area contributed by atoms with E-state index in [4.69, 9.17) is 11.5 Å². The van der Waals surface area contributed by atoms with Gasteiger partial charge in [-0.2, -0.15) is 0 Å². The van der Waals surface area contributed by atoms with Crippen LogP contribution in [0.3, 0.4) is 0 Å². The summed E-state index contributed by atoms with van der Waals surface area (Å²) in [6, 6.07) is 0. The van der Waals surface area contributed by atoms with Crippen molar-refractivity contribution in [1.29, 1.82) is 0 Å². The Labute approximate surface area is 63.3 Å². The largest absolute Gasteiger partial charge is 0.313 e. The second-order valence-corrected chi connectivity index (χ2v) is 2.49. The number of nitrogens with two attached hydrogens (primary N) is 2. The van der Waals surface area contributed by atoms with E-state index in [1.165, 1.54) is 18.4 Å². The first-order valence-corrected chi connectivity index (χ1v) is 3.88. The van der Waals surface area contributed by atoms with Gasteiger partial charge in [0.25, 0.3) is 0 Å². The Bertz CT molecular complexity index is 106. The number of unbranched alkanes of at least 4 members (excludes halogenated alkanes) is 1. The van der Waals surface area contributed by atoms with E-state index >= 15 is 0 Å². The molecular weight excluding hydrogens is 124 g/mol. The molecular formula is C8H18N2. The predicted octanol–water partition coefficient (Wildman–Crippen LogP) is 1.37. The Morgan fingerprint density at radius 2 is 2.10 bits per heavy atom. The Morgan fingerprint density at radius 3 is 2.40 bits per heavy atom. The van der Waals surface area contributed by atoms with Gasteiger partial charge in [-0.3, -0.25) is 0 Å². The molecule has 0 bridgehead atoms. The van der Waals surface area contributed by atoms with Crippen molar-refractivity contribution in [2.24, 2.45) is 11.5 Å². The van der Waals surface area contributed by atoms with Crippen molar-refractivity contribution in [1.82, 2.24) is 0 Å². The maximum atomic E-state index is 5.50. The van der Waals surface area contributed by atoms with Crippen LogP contribution in [0, 0.1) is 0 Å². The van der Waals surface area contributed by atoms with Crippen molar-refractivity contribution in [2.45, 2.75) is 39.3 Å². The third-order valence-corrected chi connectivity index (χ3v) is 1.62. The Hall–Kier alpha value is -0.340. The maximum Gasteiger partial charge on any atom is 0.0743 e. The van der Waals surface area contributed by atoms with E-state index in [0.29, 0.717) is 0 Å². The number of rotatable bonds is 4. The fourth-order valence-corrected chi connectivity index (χ4v) is 0.884. The van der Waals surface area contributed by atoms with Crippen molar-refractivity contribution >= 4 is 0 Å². The Kier molecular flexibility index (Phi) is 5.26. The molecule has 0 aliphatic heterocycles. The topological polar surface area (TPSA) is 52.0 Å². The summed E-state index contributed by atoms with van der Waals surface area (Å²) in [5, 5.41) is 0. The SMILES string of the molecule is CC=C(CCCC)C(N)N. The third-order valence-electron chi connectivity index (χ3n) is 1.62. The van der Waals surface area contributed by atoms with Crippen molar-refractivity contribution in [3.8, 4) is 0 Å². The Morgan fingerprint density at radius 1 is 1.50 bits per heavy atom. The van der Waals surface area contributed by atoms with E-state index in [-0.39, 0.29) is 6.17 Å². The monoisotopic (exact) mass is 142 g/mol. The van der Waals surface area contributed by atoms with E-state index in [1.54, 1.807) is 0 Å². The Balaban J connectivity index is 3.63. The summed E-state index contributed by atoms with van der Waals surface area (Å²) in [7, 11) is 0. The van der Waals surface area contributed by atoms with Crippen LogP contribution in [0.2, 0.25) is 0 Å². The normalized spacial score (nSPS) is 12.7. The second kappa shape index (κ2) is 5.45. The van der Waals surface area contributed by atoms with E-state index in [2.05, 4.69) is 6.92 Å². The zero-order valence-corrected chi connectivity index (χ0v) is 6.93. The third kappa shape index (κ3) is 3.64. The van der Waals surface area contributed by atoms with Crippen LogP contribution in [0.15, 0.2) is 11.6 Å². The first kappa shape index (κ1) is 9.66. The smallest absolute Gasteiger partial charge is 0.0743 e. The highest BCUT2D eigenvalue weighted by atomic mass is 14.8. The van der Waals surface area contributed by atoms with Gasteiger partial charge in [0.2, 0.25) is 0 Å². The van der Waals surface area contributed by atoms with Crippen molar-refractivity contribution in [3.05, 3.63) is 11.6 Å². The van der Waals surface area contributed by atoms with Crippen LogP contribution in [0.25, 0.3) is 0 Å². The molecule has 0 rings (SSSR count). The minimum absolute atomic E-state index is 0.253. The first-order valence-electron chi connectivity index (χ1n) is 3.88. The lowest BCUT2D eigenvalue weighted by molar-refractivity contribution is 0.703. The van der Waals surface area contributed by atoms with Gasteiger partial charge in [0.05, 0.1) is 6.17 Å². The van der Waals surface area contributed by atoms with Gasteiger partial charge in [-0.05, 0) is 25.3 Å². The van der Waals surface area contributed by atoms with E-state index in [9.17, 15) is 0 Å². The standard InChI is InChI=1S/C8H18N2/c1-3-5-6-7(4-2)8(9)10/h4,8H,3,5-6,9-10H2,1-2H3. The van der Waals surface area contributed by atoms with Gasteiger partial charge >= 0.3 is 0 Å². The molecule has 0 unspecified atom stereocenters.